The van der Waals surface area contributed by atoms with Gasteiger partial charge in [0, 0.05) is 44.5 Å². The van der Waals surface area contributed by atoms with Crippen molar-refractivity contribution in [2.45, 2.75) is 45.1 Å². The van der Waals surface area contributed by atoms with Crippen LogP contribution in [0.15, 0.2) is 23.1 Å². The molecule has 1 fully saturated rings. The highest BCUT2D eigenvalue weighted by atomic mass is 16.1. The van der Waals surface area contributed by atoms with Crippen molar-refractivity contribution in [3.05, 3.63) is 34.2 Å². The van der Waals surface area contributed by atoms with Gasteiger partial charge < -0.3 is 14.4 Å². The van der Waals surface area contributed by atoms with Crippen LogP contribution in [0.5, 0.6) is 0 Å². The Morgan fingerprint density at radius 1 is 1.23 bits per heavy atom. The highest BCUT2D eigenvalue weighted by Gasteiger charge is 2.22. The molecule has 0 aromatic carbocycles. The van der Waals surface area contributed by atoms with Crippen molar-refractivity contribution in [3.8, 4) is 0 Å². The Hall–Kier alpha value is -1.13. The Labute approximate surface area is 134 Å². The number of likely N-dealkylation sites (N-methyl/N-ethyl adjacent to an activating group) is 1. The number of piperidine rings is 1. The largest absolute Gasteiger partial charge is 0.312 e. The molecular formula is C18H31N3O. The Balaban J connectivity index is 1.98. The summed E-state index contributed by atoms with van der Waals surface area (Å²) in [5.74, 6) is 0. The van der Waals surface area contributed by atoms with Gasteiger partial charge in [0.15, 0.2) is 0 Å². The fourth-order valence-corrected chi connectivity index (χ4v) is 3.02. The van der Waals surface area contributed by atoms with E-state index in [4.69, 9.17) is 0 Å². The molecule has 1 aromatic rings. The monoisotopic (exact) mass is 305 g/mol. The van der Waals surface area contributed by atoms with Crippen molar-refractivity contribution in [2.75, 3.05) is 40.3 Å². The summed E-state index contributed by atoms with van der Waals surface area (Å²) in [6.45, 7) is 10.8. The van der Waals surface area contributed by atoms with Crippen molar-refractivity contribution in [1.29, 1.82) is 0 Å². The Morgan fingerprint density at radius 3 is 2.36 bits per heavy atom. The van der Waals surface area contributed by atoms with Crippen LogP contribution in [0, 0.1) is 0 Å². The Morgan fingerprint density at radius 2 is 1.86 bits per heavy atom. The first-order valence-corrected chi connectivity index (χ1v) is 8.37. The zero-order chi connectivity index (χ0) is 16.3. The van der Waals surface area contributed by atoms with Crippen LogP contribution in [0.1, 0.15) is 45.2 Å². The molecule has 0 saturated carbocycles. The zero-order valence-corrected chi connectivity index (χ0v) is 14.8. The van der Waals surface area contributed by atoms with Crippen molar-refractivity contribution in [2.24, 2.45) is 0 Å². The van der Waals surface area contributed by atoms with Crippen LogP contribution in [0.3, 0.4) is 0 Å². The fraction of sp³-hybridized carbons (Fsp3) is 0.722. The lowest BCUT2D eigenvalue weighted by molar-refractivity contribution is 0.171. The van der Waals surface area contributed by atoms with E-state index in [0.29, 0.717) is 6.04 Å². The average molecular weight is 305 g/mol. The topological polar surface area (TPSA) is 28.5 Å². The van der Waals surface area contributed by atoms with E-state index < -0.39 is 0 Å². The second kappa shape index (κ2) is 6.97. The lowest BCUT2D eigenvalue weighted by atomic mass is 9.88. The summed E-state index contributed by atoms with van der Waals surface area (Å²) in [4.78, 5) is 17.2. The van der Waals surface area contributed by atoms with Gasteiger partial charge in [0.05, 0.1) is 0 Å². The highest BCUT2D eigenvalue weighted by molar-refractivity contribution is 5.20. The number of hydrogen-bond donors (Lipinski definition) is 0. The number of pyridine rings is 1. The van der Waals surface area contributed by atoms with E-state index in [0.717, 1.165) is 44.6 Å². The van der Waals surface area contributed by atoms with Gasteiger partial charge in [-0.05, 0) is 44.0 Å². The third-order valence-corrected chi connectivity index (χ3v) is 4.63. The van der Waals surface area contributed by atoms with E-state index >= 15 is 0 Å². The van der Waals surface area contributed by atoms with Gasteiger partial charge in [-0.3, -0.25) is 4.79 Å². The van der Waals surface area contributed by atoms with Gasteiger partial charge in [0.1, 0.15) is 0 Å². The minimum atomic E-state index is 0.0355. The van der Waals surface area contributed by atoms with E-state index in [2.05, 4.69) is 50.7 Å². The van der Waals surface area contributed by atoms with Crippen LogP contribution in [-0.4, -0.2) is 54.6 Å². The smallest absolute Gasteiger partial charge is 0.251 e. The van der Waals surface area contributed by atoms with Crippen molar-refractivity contribution >= 4 is 0 Å². The summed E-state index contributed by atoms with van der Waals surface area (Å²) < 4.78 is 1.94. The molecule has 4 nitrogen and oxygen atoms in total. The summed E-state index contributed by atoms with van der Waals surface area (Å²) >= 11 is 0. The molecule has 0 bridgehead atoms. The third kappa shape index (κ3) is 4.43. The van der Waals surface area contributed by atoms with E-state index in [-0.39, 0.29) is 11.0 Å². The first kappa shape index (κ1) is 17.2. The van der Waals surface area contributed by atoms with Gasteiger partial charge in [-0.15, -0.1) is 0 Å². The summed E-state index contributed by atoms with van der Waals surface area (Å²) in [5, 5.41) is 0. The van der Waals surface area contributed by atoms with Crippen LogP contribution in [0.25, 0.3) is 0 Å². The lowest BCUT2D eigenvalue weighted by Crippen LogP contribution is -2.40. The summed E-state index contributed by atoms with van der Waals surface area (Å²) in [6, 6.07) is 4.29. The summed E-state index contributed by atoms with van der Waals surface area (Å²) in [7, 11) is 4.23. The maximum Gasteiger partial charge on any atom is 0.251 e. The molecule has 22 heavy (non-hydrogen) atoms. The number of likely N-dealkylation sites (tertiary alicyclic amines) is 1. The zero-order valence-electron chi connectivity index (χ0n) is 14.8. The molecule has 0 atom stereocenters. The predicted octanol–water partition coefficient (Wildman–Crippen LogP) is 2.34. The van der Waals surface area contributed by atoms with Gasteiger partial charge in [-0.25, -0.2) is 0 Å². The third-order valence-electron chi connectivity index (χ3n) is 4.63. The van der Waals surface area contributed by atoms with Gasteiger partial charge in [-0.1, -0.05) is 20.8 Å². The molecule has 0 unspecified atom stereocenters. The highest BCUT2D eigenvalue weighted by Crippen LogP contribution is 2.23. The number of hydrogen-bond acceptors (Lipinski definition) is 3. The molecule has 1 aliphatic heterocycles. The first-order valence-electron chi connectivity index (χ1n) is 8.37. The van der Waals surface area contributed by atoms with Crippen LogP contribution in [0.4, 0.5) is 0 Å². The molecule has 2 heterocycles. The molecule has 0 amide bonds. The quantitative estimate of drug-likeness (QED) is 0.855. The molecule has 1 aromatic heterocycles. The lowest BCUT2D eigenvalue weighted by Gasteiger charge is -2.33. The number of aromatic nitrogens is 1. The average Bonchev–Trinajstić information content (AvgIpc) is 2.44. The second-order valence-electron chi connectivity index (χ2n) is 7.79. The number of nitrogens with zero attached hydrogens (tertiary/aromatic N) is 3. The minimum Gasteiger partial charge on any atom is -0.312 e. The van der Waals surface area contributed by atoms with Crippen molar-refractivity contribution < 1.29 is 0 Å². The molecule has 0 N–H and O–H groups in total. The van der Waals surface area contributed by atoms with Crippen LogP contribution >= 0.6 is 0 Å². The Bertz CT molecular complexity index is 534. The molecule has 2 rings (SSSR count). The van der Waals surface area contributed by atoms with Gasteiger partial charge in [-0.2, -0.15) is 0 Å². The molecule has 0 aliphatic carbocycles. The SMILES string of the molecule is CN(C)CCN1CCC(n2ccc(C(C)(C)C)cc2=O)CC1. The summed E-state index contributed by atoms with van der Waals surface area (Å²) in [6.07, 6.45) is 4.15. The molecule has 0 radical (unpaired) electrons. The van der Waals surface area contributed by atoms with E-state index in [1.54, 1.807) is 0 Å². The second-order valence-corrected chi connectivity index (χ2v) is 7.79. The van der Waals surface area contributed by atoms with Crippen LogP contribution in [-0.2, 0) is 5.41 Å². The standard InChI is InChI=1S/C18H31N3O/c1-18(2,3)15-6-11-21(17(22)14-15)16-7-9-20(10-8-16)13-12-19(4)5/h6,11,14,16H,7-10,12-13H2,1-5H3. The van der Waals surface area contributed by atoms with Gasteiger partial charge >= 0.3 is 0 Å². The van der Waals surface area contributed by atoms with Crippen LogP contribution in [0.2, 0.25) is 0 Å². The van der Waals surface area contributed by atoms with Gasteiger partial charge in [0.25, 0.3) is 5.56 Å². The Kier molecular flexibility index (Phi) is 5.45. The van der Waals surface area contributed by atoms with Crippen molar-refractivity contribution in [3.63, 3.8) is 0 Å². The van der Waals surface area contributed by atoms with Crippen LogP contribution < -0.4 is 5.56 Å². The van der Waals surface area contributed by atoms with Crippen molar-refractivity contribution in [1.82, 2.24) is 14.4 Å². The number of rotatable bonds is 4. The molecule has 1 saturated heterocycles. The minimum absolute atomic E-state index is 0.0355. The molecule has 4 heteroatoms. The molecule has 0 spiro atoms. The maximum absolute atomic E-state index is 12.4. The van der Waals surface area contributed by atoms with E-state index in [1.165, 1.54) is 0 Å². The van der Waals surface area contributed by atoms with E-state index in [9.17, 15) is 4.79 Å². The first-order chi connectivity index (χ1) is 10.3. The normalized spacial score (nSPS) is 18.1. The van der Waals surface area contributed by atoms with Gasteiger partial charge in [0.2, 0.25) is 0 Å². The van der Waals surface area contributed by atoms with E-state index in [1.807, 2.05) is 16.8 Å². The summed E-state index contributed by atoms with van der Waals surface area (Å²) in [5.41, 5.74) is 1.31. The molecular weight excluding hydrogens is 274 g/mol. The predicted molar refractivity (Wildman–Crippen MR) is 92.7 cm³/mol. The fourth-order valence-electron chi connectivity index (χ4n) is 3.02. The maximum atomic E-state index is 12.4. The molecule has 1 aliphatic rings. The molecule has 124 valence electrons.